The summed E-state index contributed by atoms with van der Waals surface area (Å²) in [5, 5.41) is 7.53. The van der Waals surface area contributed by atoms with Crippen molar-refractivity contribution in [3.63, 3.8) is 0 Å². The van der Waals surface area contributed by atoms with Crippen LogP contribution in [0, 0.1) is 0 Å². The highest BCUT2D eigenvalue weighted by atomic mass is 16.4. The highest BCUT2D eigenvalue weighted by Crippen LogP contribution is 2.13. The van der Waals surface area contributed by atoms with Crippen LogP contribution >= 0.6 is 0 Å². The van der Waals surface area contributed by atoms with E-state index in [1.807, 2.05) is 30.3 Å². The van der Waals surface area contributed by atoms with Crippen molar-refractivity contribution in [3.05, 3.63) is 94.4 Å². The summed E-state index contributed by atoms with van der Waals surface area (Å²) in [6, 6.07) is 16.4. The number of carbonyl (C=O) groups excluding carboxylic acids is 1. The highest BCUT2D eigenvalue weighted by Gasteiger charge is 2.13. The van der Waals surface area contributed by atoms with Crippen LogP contribution in [-0.2, 0) is 13.1 Å². The fraction of sp³-hybridized carbons (Fsp3) is 0.100. The summed E-state index contributed by atoms with van der Waals surface area (Å²) in [5.41, 5.74) is 1.81. The molecule has 0 atom stereocenters. The molecule has 2 aromatic carbocycles. The lowest BCUT2D eigenvalue weighted by molar-refractivity contribution is 0.0947. The molecule has 0 saturated heterocycles. The molecule has 7 heteroatoms. The molecule has 4 aromatic rings. The van der Waals surface area contributed by atoms with Crippen molar-refractivity contribution in [1.82, 2.24) is 20.1 Å². The Balaban J connectivity index is 1.43. The maximum absolute atomic E-state index is 12.4. The number of nitrogens with one attached hydrogen (secondary N) is 1. The van der Waals surface area contributed by atoms with Gasteiger partial charge in [0.2, 0.25) is 0 Å². The zero-order chi connectivity index (χ0) is 18.6. The molecular formula is C20H16N4O3. The molecule has 27 heavy (non-hydrogen) atoms. The average Bonchev–Trinajstić information content (AvgIpc) is 3.19. The van der Waals surface area contributed by atoms with Crippen molar-refractivity contribution in [1.29, 1.82) is 0 Å². The Bertz CT molecular complexity index is 1130. The SMILES string of the molecule is O=C(NCc1ccc(Cn2cncn2)cc1)c1cc2ccccc2oc1=O. The molecule has 134 valence electrons. The maximum atomic E-state index is 12.4. The minimum Gasteiger partial charge on any atom is -0.422 e. The molecular weight excluding hydrogens is 344 g/mol. The van der Waals surface area contributed by atoms with Gasteiger partial charge in [-0.05, 0) is 23.3 Å². The molecule has 1 amide bonds. The average molecular weight is 360 g/mol. The summed E-state index contributed by atoms with van der Waals surface area (Å²) in [6.45, 7) is 0.944. The molecule has 2 heterocycles. The first kappa shape index (κ1) is 16.7. The summed E-state index contributed by atoms with van der Waals surface area (Å²) in [4.78, 5) is 28.3. The van der Waals surface area contributed by atoms with Gasteiger partial charge in [0.15, 0.2) is 0 Å². The standard InChI is InChI=1S/C20H16N4O3/c25-19(17-9-16-3-1-2-4-18(16)27-20(17)26)22-10-14-5-7-15(8-6-14)11-24-13-21-12-23-24/h1-9,12-13H,10-11H2,(H,22,25). The number of hydrogen-bond acceptors (Lipinski definition) is 5. The lowest BCUT2D eigenvalue weighted by atomic mass is 10.1. The lowest BCUT2D eigenvalue weighted by Crippen LogP contribution is -2.27. The topological polar surface area (TPSA) is 90.0 Å². The Morgan fingerprint density at radius 2 is 1.85 bits per heavy atom. The number of aromatic nitrogens is 3. The van der Waals surface area contributed by atoms with Gasteiger partial charge in [0.05, 0.1) is 6.54 Å². The number of amides is 1. The van der Waals surface area contributed by atoms with Crippen LogP contribution in [-0.4, -0.2) is 20.7 Å². The minimum atomic E-state index is -0.644. The fourth-order valence-corrected chi connectivity index (χ4v) is 2.76. The zero-order valence-corrected chi connectivity index (χ0v) is 14.3. The Kier molecular flexibility index (Phi) is 4.49. The van der Waals surface area contributed by atoms with Crippen LogP contribution in [0.4, 0.5) is 0 Å². The molecule has 2 aromatic heterocycles. The molecule has 0 radical (unpaired) electrons. The van der Waals surface area contributed by atoms with Gasteiger partial charge in [0.1, 0.15) is 23.8 Å². The molecule has 0 spiro atoms. The number of rotatable bonds is 5. The van der Waals surface area contributed by atoms with Crippen molar-refractivity contribution in [3.8, 4) is 0 Å². The number of fused-ring (bicyclic) bond motifs is 1. The van der Waals surface area contributed by atoms with Gasteiger partial charge in [0, 0.05) is 11.9 Å². The van der Waals surface area contributed by atoms with Crippen LogP contribution < -0.4 is 10.9 Å². The number of benzene rings is 2. The van der Waals surface area contributed by atoms with E-state index in [2.05, 4.69) is 15.4 Å². The minimum absolute atomic E-state index is 0.00324. The first-order chi connectivity index (χ1) is 13.2. The Morgan fingerprint density at radius 1 is 1.07 bits per heavy atom. The van der Waals surface area contributed by atoms with Gasteiger partial charge in [-0.1, -0.05) is 42.5 Å². The Hall–Kier alpha value is -3.74. The fourth-order valence-electron chi connectivity index (χ4n) is 2.76. The van der Waals surface area contributed by atoms with E-state index in [4.69, 9.17) is 4.42 Å². The number of hydrogen-bond donors (Lipinski definition) is 1. The molecule has 0 bridgehead atoms. The molecule has 0 aliphatic heterocycles. The quantitative estimate of drug-likeness (QED) is 0.552. The molecule has 0 saturated carbocycles. The Morgan fingerprint density at radius 3 is 2.63 bits per heavy atom. The molecule has 4 rings (SSSR count). The lowest BCUT2D eigenvalue weighted by Gasteiger charge is -2.07. The van der Waals surface area contributed by atoms with Crippen molar-refractivity contribution in [2.24, 2.45) is 0 Å². The normalized spacial score (nSPS) is 10.8. The van der Waals surface area contributed by atoms with Crippen molar-refractivity contribution in [2.75, 3.05) is 0 Å². The maximum Gasteiger partial charge on any atom is 0.349 e. The van der Waals surface area contributed by atoms with Gasteiger partial charge in [-0.15, -0.1) is 0 Å². The van der Waals surface area contributed by atoms with Crippen molar-refractivity contribution >= 4 is 16.9 Å². The second-order valence-electron chi connectivity index (χ2n) is 6.08. The number of para-hydroxylation sites is 1. The molecule has 0 unspecified atom stereocenters. The summed E-state index contributed by atoms with van der Waals surface area (Å²) < 4.78 is 6.93. The van der Waals surface area contributed by atoms with Crippen molar-refractivity contribution in [2.45, 2.75) is 13.1 Å². The van der Waals surface area contributed by atoms with Crippen LogP contribution in [0.2, 0.25) is 0 Å². The van der Waals surface area contributed by atoms with E-state index in [1.54, 1.807) is 35.3 Å². The predicted molar refractivity (Wildman–Crippen MR) is 99.2 cm³/mol. The third-order valence-electron chi connectivity index (χ3n) is 4.17. The number of carbonyl (C=O) groups is 1. The van der Waals surface area contributed by atoms with Crippen LogP contribution in [0.1, 0.15) is 21.5 Å². The van der Waals surface area contributed by atoms with E-state index in [9.17, 15) is 9.59 Å². The van der Waals surface area contributed by atoms with Crippen LogP contribution in [0.25, 0.3) is 11.0 Å². The Labute approximate surface area is 154 Å². The first-order valence-electron chi connectivity index (χ1n) is 8.40. The second-order valence-corrected chi connectivity index (χ2v) is 6.08. The van der Waals surface area contributed by atoms with Crippen LogP contribution in [0.15, 0.2) is 76.5 Å². The molecule has 0 aliphatic rings. The van der Waals surface area contributed by atoms with Crippen molar-refractivity contribution < 1.29 is 9.21 Å². The van der Waals surface area contributed by atoms with Gasteiger partial charge in [-0.3, -0.25) is 4.79 Å². The van der Waals surface area contributed by atoms with E-state index >= 15 is 0 Å². The van der Waals surface area contributed by atoms with Crippen LogP contribution in [0.5, 0.6) is 0 Å². The van der Waals surface area contributed by atoms with Gasteiger partial charge in [-0.25, -0.2) is 14.5 Å². The molecule has 7 nitrogen and oxygen atoms in total. The zero-order valence-electron chi connectivity index (χ0n) is 14.3. The predicted octanol–water partition coefficient (Wildman–Crippen LogP) is 2.36. The third-order valence-corrected chi connectivity index (χ3v) is 4.17. The van der Waals surface area contributed by atoms with Gasteiger partial charge in [-0.2, -0.15) is 5.10 Å². The summed E-state index contributed by atoms with van der Waals surface area (Å²) in [7, 11) is 0. The molecule has 1 N–H and O–H groups in total. The summed E-state index contributed by atoms with van der Waals surface area (Å²) >= 11 is 0. The van der Waals surface area contributed by atoms with E-state index < -0.39 is 11.5 Å². The van der Waals surface area contributed by atoms with Crippen LogP contribution in [0.3, 0.4) is 0 Å². The molecule has 0 fully saturated rings. The number of nitrogens with zero attached hydrogens (tertiary/aromatic N) is 3. The van der Waals surface area contributed by atoms with Gasteiger partial charge >= 0.3 is 5.63 Å². The van der Waals surface area contributed by atoms with E-state index in [0.29, 0.717) is 24.1 Å². The monoisotopic (exact) mass is 360 g/mol. The smallest absolute Gasteiger partial charge is 0.349 e. The van der Waals surface area contributed by atoms with E-state index in [0.717, 1.165) is 11.1 Å². The second kappa shape index (κ2) is 7.25. The third kappa shape index (κ3) is 3.77. The largest absolute Gasteiger partial charge is 0.422 e. The summed E-state index contributed by atoms with van der Waals surface area (Å²) in [5.74, 6) is -0.457. The summed E-state index contributed by atoms with van der Waals surface area (Å²) in [6.07, 6.45) is 3.15. The van der Waals surface area contributed by atoms with Gasteiger partial charge < -0.3 is 9.73 Å². The molecule has 0 aliphatic carbocycles. The van der Waals surface area contributed by atoms with E-state index in [1.165, 1.54) is 6.33 Å². The van der Waals surface area contributed by atoms with Gasteiger partial charge in [0.25, 0.3) is 5.91 Å². The highest BCUT2D eigenvalue weighted by molar-refractivity contribution is 5.96. The first-order valence-corrected chi connectivity index (χ1v) is 8.40. The van der Waals surface area contributed by atoms with E-state index in [-0.39, 0.29) is 5.56 Å².